The number of aliphatic carboxylic acids is 1. The van der Waals surface area contributed by atoms with E-state index in [-0.39, 0.29) is 41.3 Å². The third-order valence-corrected chi connectivity index (χ3v) is 8.69. The lowest BCUT2D eigenvalue weighted by Crippen LogP contribution is -2.75. The van der Waals surface area contributed by atoms with Crippen molar-refractivity contribution in [3.8, 4) is 0 Å². The molecule has 2 unspecified atom stereocenters. The molecule has 37 heavy (non-hydrogen) atoms. The maximum absolute atomic E-state index is 13.1. The Morgan fingerprint density at radius 3 is 2.81 bits per heavy atom. The number of thioether (sulfide) groups is 1. The van der Waals surface area contributed by atoms with E-state index < -0.39 is 28.7 Å². The van der Waals surface area contributed by atoms with Gasteiger partial charge in [0.2, 0.25) is 5.91 Å². The molecule has 4 N–H and O–H groups in total. The number of hydrogen-bond donors (Lipinski definition) is 3. The molecule has 4 heterocycles. The first-order valence-corrected chi connectivity index (χ1v) is 13.5. The number of thiazole rings is 1. The first-order valence-electron chi connectivity index (χ1n) is 11.6. The predicted octanol–water partition coefficient (Wildman–Crippen LogP) is -0.224. The Balaban J connectivity index is 1.50. The molecule has 0 saturated carbocycles. The van der Waals surface area contributed by atoms with E-state index in [2.05, 4.69) is 25.3 Å². The fourth-order valence-electron chi connectivity index (χ4n) is 4.47. The van der Waals surface area contributed by atoms with Crippen LogP contribution in [0.15, 0.2) is 29.1 Å². The minimum Gasteiger partial charge on any atom is -0.481 e. The highest BCUT2D eigenvalue weighted by molar-refractivity contribution is 8.00. The van der Waals surface area contributed by atoms with E-state index in [0.29, 0.717) is 0 Å². The molecule has 3 atom stereocenters. The Morgan fingerprint density at radius 2 is 2.19 bits per heavy atom. The standard InChI is InChI=1S/C22H28N8O5S2/c1-4-28(5-2)14-8-24-6-7-29(14)10-22(20(33)34)11-30-18(32)16(19(30)37-12-22)26-17(31)15(27-35-3)13-9-36-21(23)25-13/h6-9,16,19H,4-5,10-12H2,1-3H3,(H3-,23,25,26,31,33,34)/p+1/t16?,19-,22?/m1/s1. The topological polar surface area (TPSA) is 167 Å². The van der Waals surface area contributed by atoms with E-state index in [1.807, 2.05) is 18.4 Å². The number of nitrogen functional groups attached to an aromatic ring is 1. The molecule has 2 aliphatic heterocycles. The SMILES string of the molecule is CCN(CC)c1cncc[n+]1CC1(C(=O)O)CS[C@@H]2C(NC(=O)C(=NOC)c3csc(N)n3)C(=O)N2C1. The van der Waals surface area contributed by atoms with Gasteiger partial charge in [0.15, 0.2) is 10.8 Å². The van der Waals surface area contributed by atoms with Crippen LogP contribution in [-0.2, 0) is 25.8 Å². The van der Waals surface area contributed by atoms with Gasteiger partial charge in [-0.2, -0.15) is 0 Å². The van der Waals surface area contributed by atoms with Crippen molar-refractivity contribution in [2.45, 2.75) is 31.8 Å². The lowest BCUT2D eigenvalue weighted by atomic mass is 9.86. The number of oxime groups is 1. The second-order valence-corrected chi connectivity index (χ2v) is 10.6. The highest BCUT2D eigenvalue weighted by Gasteiger charge is 2.58. The summed E-state index contributed by atoms with van der Waals surface area (Å²) in [6.45, 7) is 5.73. The van der Waals surface area contributed by atoms with Gasteiger partial charge in [0, 0.05) is 17.7 Å². The van der Waals surface area contributed by atoms with Gasteiger partial charge in [-0.15, -0.1) is 23.1 Å². The molecule has 0 spiro atoms. The summed E-state index contributed by atoms with van der Waals surface area (Å²) in [7, 11) is 1.30. The number of fused-ring (bicyclic) bond motifs is 1. The predicted molar refractivity (Wildman–Crippen MR) is 138 cm³/mol. The number of carbonyl (C=O) groups excluding carboxylic acids is 2. The van der Waals surface area contributed by atoms with Gasteiger partial charge in [0.1, 0.15) is 48.6 Å². The summed E-state index contributed by atoms with van der Waals surface area (Å²) in [5, 5.41) is 18.2. The average Bonchev–Trinajstić information content (AvgIpc) is 3.32. The van der Waals surface area contributed by atoms with Gasteiger partial charge < -0.3 is 25.9 Å². The van der Waals surface area contributed by atoms with Crippen LogP contribution < -0.4 is 20.5 Å². The summed E-state index contributed by atoms with van der Waals surface area (Å²) in [6, 6.07) is -0.817. The highest BCUT2D eigenvalue weighted by Crippen LogP contribution is 2.42. The number of carboxylic acids is 1. The van der Waals surface area contributed by atoms with Crippen LogP contribution >= 0.6 is 23.1 Å². The minimum atomic E-state index is -1.21. The van der Waals surface area contributed by atoms with Crippen molar-refractivity contribution in [2.24, 2.45) is 10.6 Å². The van der Waals surface area contributed by atoms with Crippen LogP contribution in [0.4, 0.5) is 10.9 Å². The number of rotatable bonds is 10. The van der Waals surface area contributed by atoms with Crippen LogP contribution in [0.2, 0.25) is 0 Å². The molecule has 4 rings (SSSR count). The van der Waals surface area contributed by atoms with E-state index >= 15 is 0 Å². The number of nitrogens with two attached hydrogens (primary N) is 1. The smallest absolute Gasteiger partial charge is 0.316 e. The molecule has 198 valence electrons. The minimum absolute atomic E-state index is 0.0276. The maximum Gasteiger partial charge on any atom is 0.316 e. The fraction of sp³-hybridized carbons (Fsp3) is 0.500. The zero-order valence-corrected chi connectivity index (χ0v) is 22.3. The summed E-state index contributed by atoms with van der Waals surface area (Å²) >= 11 is 2.48. The van der Waals surface area contributed by atoms with Gasteiger partial charge in [-0.25, -0.2) is 9.55 Å². The Bertz CT molecular complexity index is 1220. The summed E-state index contributed by atoms with van der Waals surface area (Å²) < 4.78 is 1.88. The Labute approximate surface area is 221 Å². The highest BCUT2D eigenvalue weighted by atomic mass is 32.2. The molecule has 2 fully saturated rings. The summed E-state index contributed by atoms with van der Waals surface area (Å²) in [5.74, 6) is -0.888. The molecule has 2 amide bonds. The van der Waals surface area contributed by atoms with E-state index in [0.717, 1.165) is 30.2 Å². The van der Waals surface area contributed by atoms with Crippen LogP contribution in [0.5, 0.6) is 0 Å². The monoisotopic (exact) mass is 549 g/mol. The first-order chi connectivity index (χ1) is 17.7. The largest absolute Gasteiger partial charge is 0.481 e. The molecule has 13 nitrogen and oxygen atoms in total. The van der Waals surface area contributed by atoms with Crippen molar-refractivity contribution >= 4 is 57.5 Å². The van der Waals surface area contributed by atoms with Gasteiger partial charge in [-0.05, 0) is 13.8 Å². The van der Waals surface area contributed by atoms with Crippen molar-refractivity contribution in [1.29, 1.82) is 0 Å². The van der Waals surface area contributed by atoms with Crippen molar-refractivity contribution in [3.05, 3.63) is 29.7 Å². The summed E-state index contributed by atoms with van der Waals surface area (Å²) in [4.78, 5) is 55.2. The molecular weight excluding hydrogens is 520 g/mol. The first kappa shape index (κ1) is 26.6. The van der Waals surface area contributed by atoms with Gasteiger partial charge in [-0.1, -0.05) is 5.16 Å². The van der Waals surface area contributed by atoms with Gasteiger partial charge in [0.05, 0.1) is 19.3 Å². The lowest BCUT2D eigenvalue weighted by Gasteiger charge is -2.53. The molecule has 2 saturated heterocycles. The fourth-order valence-corrected chi connectivity index (χ4v) is 6.55. The number of nitrogens with zero attached hydrogens (tertiary/aromatic N) is 6. The number of carboxylic acid groups (broad SMARTS) is 1. The van der Waals surface area contributed by atoms with Crippen LogP contribution in [0.3, 0.4) is 0 Å². The summed E-state index contributed by atoms with van der Waals surface area (Å²) in [6.07, 6.45) is 5.10. The molecule has 2 aromatic heterocycles. The zero-order chi connectivity index (χ0) is 26.7. The number of nitrogens with one attached hydrogen (secondary N) is 1. The number of aromatic nitrogens is 3. The number of carbonyl (C=O) groups is 3. The molecule has 0 bridgehead atoms. The normalized spacial score (nSPS) is 23.2. The average molecular weight is 550 g/mol. The van der Waals surface area contributed by atoms with Crippen molar-refractivity contribution in [1.82, 2.24) is 20.2 Å². The zero-order valence-electron chi connectivity index (χ0n) is 20.7. The Hall–Kier alpha value is -3.46. The molecule has 15 heteroatoms. The van der Waals surface area contributed by atoms with Crippen LogP contribution in [0, 0.1) is 5.41 Å². The van der Waals surface area contributed by atoms with Gasteiger partial charge in [0.25, 0.3) is 11.7 Å². The van der Waals surface area contributed by atoms with Crippen molar-refractivity contribution in [3.63, 3.8) is 0 Å². The van der Waals surface area contributed by atoms with Gasteiger partial charge in [-0.3, -0.25) is 24.3 Å². The second kappa shape index (κ2) is 10.9. The van der Waals surface area contributed by atoms with Crippen molar-refractivity contribution < 1.29 is 28.9 Å². The Morgan fingerprint density at radius 1 is 1.43 bits per heavy atom. The molecule has 2 aromatic rings. The van der Waals surface area contributed by atoms with E-state index in [4.69, 9.17) is 10.6 Å². The number of hydrogen-bond acceptors (Lipinski definition) is 11. The summed E-state index contributed by atoms with van der Waals surface area (Å²) in [5.41, 5.74) is 4.60. The number of β-lactam (4-membered cyclic amide) rings is 1. The van der Waals surface area contributed by atoms with Gasteiger partial charge >= 0.3 is 5.97 Å². The molecule has 0 aliphatic carbocycles. The number of amides is 2. The molecule has 0 aromatic carbocycles. The molecule has 0 radical (unpaired) electrons. The third-order valence-electron chi connectivity index (χ3n) is 6.42. The lowest BCUT2D eigenvalue weighted by molar-refractivity contribution is -0.695. The van der Waals surface area contributed by atoms with Crippen molar-refractivity contribution in [2.75, 3.05) is 43.1 Å². The van der Waals surface area contributed by atoms with Crippen LogP contribution in [-0.4, -0.2) is 87.4 Å². The number of anilines is 2. The quantitative estimate of drug-likeness (QED) is 0.156. The van der Waals surface area contributed by atoms with Crippen LogP contribution in [0.1, 0.15) is 19.5 Å². The van der Waals surface area contributed by atoms with E-state index in [1.165, 1.54) is 23.8 Å². The second-order valence-electron chi connectivity index (χ2n) is 8.63. The molecular formula is C22H29N8O5S2+. The third kappa shape index (κ3) is 5.05. The van der Waals surface area contributed by atoms with E-state index in [9.17, 15) is 19.5 Å². The maximum atomic E-state index is 13.1. The molecule has 2 aliphatic rings. The van der Waals surface area contributed by atoms with E-state index in [1.54, 1.807) is 24.0 Å². The van der Waals surface area contributed by atoms with Crippen LogP contribution in [0.25, 0.3) is 0 Å². The Kier molecular flexibility index (Phi) is 7.82.